The topological polar surface area (TPSA) is 76.6 Å². The van der Waals surface area contributed by atoms with Crippen molar-refractivity contribution in [2.45, 2.75) is 20.3 Å². The summed E-state index contributed by atoms with van der Waals surface area (Å²) in [4.78, 5) is 22.6. The van der Waals surface area contributed by atoms with Crippen molar-refractivity contribution in [2.75, 3.05) is 13.7 Å². The van der Waals surface area contributed by atoms with E-state index < -0.39 is 11.8 Å². The largest absolute Gasteiger partial charge is 0.492 e. The molecule has 1 aromatic carbocycles. The van der Waals surface area contributed by atoms with E-state index in [0.717, 1.165) is 11.8 Å². The van der Waals surface area contributed by atoms with Crippen LogP contribution in [0.3, 0.4) is 0 Å². The molecule has 6 nitrogen and oxygen atoms in total. The van der Waals surface area contributed by atoms with Gasteiger partial charge >= 0.3 is 5.97 Å². The van der Waals surface area contributed by atoms with Gasteiger partial charge in [0.15, 0.2) is 0 Å². The average molecular weight is 413 g/mol. The van der Waals surface area contributed by atoms with Crippen molar-refractivity contribution in [1.82, 2.24) is 9.97 Å². The first kappa shape index (κ1) is 21.2. The molecule has 0 saturated heterocycles. The van der Waals surface area contributed by atoms with E-state index in [1.54, 1.807) is 38.1 Å². The molecule has 3 rings (SSSR count). The van der Waals surface area contributed by atoms with Gasteiger partial charge in [0.05, 0.1) is 36.2 Å². The zero-order chi connectivity index (χ0) is 21.7. The Bertz CT molecular complexity index is 1040. The summed E-state index contributed by atoms with van der Waals surface area (Å²) >= 11 is 0. The molecule has 0 radical (unpaired) electrons. The molecule has 0 aliphatic carbocycles. The molecule has 30 heavy (non-hydrogen) atoms. The molecule has 1 aliphatic heterocycles. The van der Waals surface area contributed by atoms with Crippen molar-refractivity contribution in [3.63, 3.8) is 0 Å². The van der Waals surface area contributed by atoms with Crippen LogP contribution in [0, 0.1) is 5.41 Å². The average Bonchev–Trinajstić information content (AvgIpc) is 3.11. The first-order chi connectivity index (χ1) is 14.3. The van der Waals surface area contributed by atoms with Gasteiger partial charge in [-0.25, -0.2) is 18.8 Å². The van der Waals surface area contributed by atoms with Crippen LogP contribution in [0.1, 0.15) is 37.4 Å². The lowest BCUT2D eigenvalue weighted by Gasteiger charge is -2.21. The number of hydrogen-bond acceptors (Lipinski definition) is 5. The maximum absolute atomic E-state index is 12.7. The van der Waals surface area contributed by atoms with Gasteiger partial charge in [-0.3, -0.25) is 4.79 Å². The van der Waals surface area contributed by atoms with Crippen LogP contribution in [0.5, 0.6) is 5.75 Å². The number of nitrogens with one attached hydrogen (secondary N) is 1. The number of aliphatic imine (C=N–C) groups is 1. The van der Waals surface area contributed by atoms with E-state index in [1.807, 2.05) is 12.1 Å². The van der Waals surface area contributed by atoms with Crippen LogP contribution in [-0.4, -0.2) is 35.4 Å². The molecule has 156 valence electrons. The number of methoxy groups -OCH3 is 1. The zero-order valence-corrected chi connectivity index (χ0v) is 16.8. The molecule has 8 heteroatoms. The van der Waals surface area contributed by atoms with Crippen LogP contribution in [0.25, 0.3) is 5.57 Å². The minimum absolute atomic E-state index is 0.180. The maximum Gasteiger partial charge on any atom is 0.314 e. The van der Waals surface area contributed by atoms with E-state index >= 15 is 0 Å². The lowest BCUT2D eigenvalue weighted by molar-refractivity contribution is -0.152. The number of rotatable bonds is 7. The van der Waals surface area contributed by atoms with Crippen LogP contribution < -0.4 is 4.74 Å². The Hall–Kier alpha value is -3.51. The number of aromatic nitrogens is 2. The fraction of sp³-hybridized carbons (Fsp3) is 0.273. The Morgan fingerprint density at radius 1 is 1.23 bits per heavy atom. The number of benzene rings is 1. The molecule has 0 spiro atoms. The summed E-state index contributed by atoms with van der Waals surface area (Å²) in [6.07, 6.45) is 3.43. The number of carbonyl (C=O) groups excluding carboxylic acids is 1. The number of alkyl halides is 2. The van der Waals surface area contributed by atoms with Crippen molar-refractivity contribution >= 4 is 17.3 Å². The molecule has 0 fully saturated rings. The summed E-state index contributed by atoms with van der Waals surface area (Å²) in [5, 5.41) is 0. The van der Waals surface area contributed by atoms with Crippen molar-refractivity contribution < 1.29 is 23.0 Å². The minimum atomic E-state index is -2.61. The lowest BCUT2D eigenvalue weighted by Crippen LogP contribution is -2.32. The number of nitrogens with zero attached hydrogens (tertiary/aromatic N) is 2. The van der Waals surface area contributed by atoms with Crippen LogP contribution in [0.15, 0.2) is 59.5 Å². The Morgan fingerprint density at radius 2 is 1.97 bits per heavy atom. The molecular formula is C22H21F2N3O3. The molecule has 1 N–H and O–H groups in total. The molecule has 0 atom stereocenters. The van der Waals surface area contributed by atoms with Crippen molar-refractivity contribution in [3.05, 3.63) is 71.6 Å². The predicted molar refractivity (Wildman–Crippen MR) is 108 cm³/mol. The molecule has 1 aromatic heterocycles. The van der Waals surface area contributed by atoms with E-state index in [9.17, 15) is 13.6 Å². The monoisotopic (exact) mass is 413 g/mol. The first-order valence-corrected chi connectivity index (χ1v) is 9.16. The minimum Gasteiger partial charge on any atom is -0.492 e. The second-order valence-electron chi connectivity index (χ2n) is 7.21. The summed E-state index contributed by atoms with van der Waals surface area (Å²) in [7, 11) is 1.35. The molecule has 2 heterocycles. The second-order valence-corrected chi connectivity index (χ2v) is 7.21. The van der Waals surface area contributed by atoms with E-state index in [0.29, 0.717) is 22.9 Å². The molecule has 0 saturated carbocycles. The summed E-state index contributed by atoms with van der Waals surface area (Å²) < 4.78 is 35.9. The lowest BCUT2D eigenvalue weighted by atomic mass is 9.95. The van der Waals surface area contributed by atoms with Crippen LogP contribution in [0.4, 0.5) is 8.78 Å². The van der Waals surface area contributed by atoms with Gasteiger partial charge in [-0.15, -0.1) is 0 Å². The van der Waals surface area contributed by atoms with E-state index in [-0.39, 0.29) is 18.3 Å². The number of carbonyl (C=O) groups is 1. The predicted octanol–water partition coefficient (Wildman–Crippen LogP) is 4.48. The summed E-state index contributed by atoms with van der Waals surface area (Å²) in [5.41, 5.74) is 3.94. The van der Waals surface area contributed by atoms with E-state index in [2.05, 4.69) is 20.7 Å². The summed E-state index contributed by atoms with van der Waals surface area (Å²) in [5.74, 6) is 0.564. The molecule has 0 unspecified atom stereocenters. The van der Waals surface area contributed by atoms with Gasteiger partial charge in [0.2, 0.25) is 0 Å². The van der Waals surface area contributed by atoms with Crippen molar-refractivity contribution in [3.8, 4) is 5.75 Å². The summed E-state index contributed by atoms with van der Waals surface area (Å²) in [6.45, 7) is 3.68. The van der Waals surface area contributed by atoms with Crippen LogP contribution in [0.2, 0.25) is 0 Å². The van der Waals surface area contributed by atoms with Crippen molar-refractivity contribution in [2.24, 2.45) is 10.4 Å². The Labute approximate surface area is 172 Å². The number of imidazole rings is 1. The Kier molecular flexibility index (Phi) is 6.28. The number of halogens is 2. The highest BCUT2D eigenvalue weighted by Gasteiger charge is 2.29. The molecule has 1 aliphatic rings. The Morgan fingerprint density at radius 3 is 2.60 bits per heavy atom. The zero-order valence-electron chi connectivity index (χ0n) is 16.8. The number of esters is 1. The Balaban J connectivity index is 1.67. The van der Waals surface area contributed by atoms with Gasteiger partial charge in [0, 0.05) is 5.56 Å². The van der Waals surface area contributed by atoms with Crippen LogP contribution >= 0.6 is 0 Å². The second kappa shape index (κ2) is 8.88. The van der Waals surface area contributed by atoms with Gasteiger partial charge in [-0.1, -0.05) is 5.73 Å². The standard InChI is InChI=1S/C22H21F2N3O3/c1-22(2,21(28)29-3)13-30-16-7-4-14(5-8-16)17-9-6-15(10-11-25-17)20-26-12-18(27-20)19(23)24/h4-9,11-12,19H,13H2,1-3H3,(H,26,27). The molecule has 0 bridgehead atoms. The van der Waals surface area contributed by atoms with Gasteiger partial charge in [0.25, 0.3) is 6.43 Å². The fourth-order valence-electron chi connectivity index (χ4n) is 2.65. The number of hydrogen-bond donors (Lipinski definition) is 1. The highest BCUT2D eigenvalue weighted by Crippen LogP contribution is 2.22. The normalized spacial score (nSPS) is 13.7. The van der Waals surface area contributed by atoms with Gasteiger partial charge in [-0.05, 0) is 50.3 Å². The fourth-order valence-corrected chi connectivity index (χ4v) is 2.65. The maximum atomic E-state index is 12.7. The highest BCUT2D eigenvalue weighted by atomic mass is 19.3. The SMILES string of the molecule is COC(=O)C(C)(C)COc1ccc(C2=NC=C=C(c3ncc(C(F)F)[nH]3)C=C2)cc1. The third-order valence-corrected chi connectivity index (χ3v) is 4.40. The van der Waals surface area contributed by atoms with Gasteiger partial charge < -0.3 is 14.5 Å². The molecular weight excluding hydrogens is 392 g/mol. The number of allylic oxidation sites excluding steroid dienone is 3. The van der Waals surface area contributed by atoms with Gasteiger partial charge in [-0.2, -0.15) is 0 Å². The van der Waals surface area contributed by atoms with Crippen molar-refractivity contribution in [1.29, 1.82) is 0 Å². The number of aromatic amines is 1. The summed E-state index contributed by atoms with van der Waals surface area (Å²) in [6, 6.07) is 7.24. The number of ether oxygens (including phenoxy) is 2. The first-order valence-electron chi connectivity index (χ1n) is 9.16. The molecule has 2 aromatic rings. The smallest absolute Gasteiger partial charge is 0.314 e. The highest BCUT2D eigenvalue weighted by molar-refractivity contribution is 6.10. The van der Waals surface area contributed by atoms with E-state index in [1.165, 1.54) is 13.3 Å². The van der Waals surface area contributed by atoms with Gasteiger partial charge in [0.1, 0.15) is 23.9 Å². The quantitative estimate of drug-likeness (QED) is 0.536. The number of H-pyrrole nitrogens is 1. The third kappa shape index (κ3) is 4.90. The van der Waals surface area contributed by atoms with Crippen LogP contribution in [-0.2, 0) is 9.53 Å². The molecule has 0 amide bonds. The third-order valence-electron chi connectivity index (χ3n) is 4.40. The van der Waals surface area contributed by atoms with E-state index in [4.69, 9.17) is 9.47 Å².